The Labute approximate surface area is 181 Å². The monoisotopic (exact) mass is 461 g/mol. The Hall–Kier alpha value is -3.40. The molecule has 1 aliphatic rings. The first-order chi connectivity index (χ1) is 15.1. The molecular weight excluding hydrogens is 444 g/mol. The molecule has 0 amide bonds. The summed E-state index contributed by atoms with van der Waals surface area (Å²) in [5, 5.41) is 15.1. The number of ether oxygens (including phenoxy) is 1. The molecule has 9 nitrogen and oxygen atoms in total. The summed E-state index contributed by atoms with van der Waals surface area (Å²) in [6, 6.07) is 6.77. The van der Waals surface area contributed by atoms with Crippen LogP contribution in [0.1, 0.15) is 23.6 Å². The number of nitrogens with zero attached hydrogens (tertiary/aromatic N) is 4. The van der Waals surface area contributed by atoms with Crippen molar-refractivity contribution in [3.05, 3.63) is 64.0 Å². The molecule has 2 N–H and O–H groups in total. The SMILES string of the molecule is Cn1cnc2ccc(Oc3c(F)ccc(C4C(F)CCN4S(N)(=O)=O)c3C#N)cc2c1=O. The zero-order valence-corrected chi connectivity index (χ0v) is 17.5. The lowest BCUT2D eigenvalue weighted by molar-refractivity contribution is 0.261. The molecule has 2 aromatic carbocycles. The van der Waals surface area contributed by atoms with Crippen molar-refractivity contribution in [2.75, 3.05) is 6.54 Å². The van der Waals surface area contributed by atoms with Crippen LogP contribution in [0.2, 0.25) is 0 Å². The molecule has 166 valence electrons. The summed E-state index contributed by atoms with van der Waals surface area (Å²) < 4.78 is 60.7. The minimum atomic E-state index is -4.27. The van der Waals surface area contributed by atoms with Crippen LogP contribution in [-0.4, -0.2) is 35.0 Å². The summed E-state index contributed by atoms with van der Waals surface area (Å²) in [6.07, 6.45) is -0.414. The van der Waals surface area contributed by atoms with Crippen LogP contribution in [-0.2, 0) is 17.3 Å². The van der Waals surface area contributed by atoms with Crippen LogP contribution < -0.4 is 15.4 Å². The van der Waals surface area contributed by atoms with Gasteiger partial charge < -0.3 is 9.30 Å². The molecule has 32 heavy (non-hydrogen) atoms. The van der Waals surface area contributed by atoms with Crippen molar-refractivity contribution in [2.45, 2.75) is 18.6 Å². The lowest BCUT2D eigenvalue weighted by Gasteiger charge is -2.24. The van der Waals surface area contributed by atoms with Gasteiger partial charge in [-0.1, -0.05) is 6.07 Å². The van der Waals surface area contributed by atoms with Gasteiger partial charge in [0.1, 0.15) is 23.6 Å². The summed E-state index contributed by atoms with van der Waals surface area (Å²) in [7, 11) is -2.75. The van der Waals surface area contributed by atoms with E-state index in [1.165, 1.54) is 36.1 Å². The van der Waals surface area contributed by atoms with E-state index in [1.807, 2.05) is 0 Å². The zero-order chi connectivity index (χ0) is 23.2. The number of hydrogen-bond donors (Lipinski definition) is 1. The van der Waals surface area contributed by atoms with Crippen molar-refractivity contribution < 1.29 is 21.9 Å². The first-order valence-electron chi connectivity index (χ1n) is 9.41. The van der Waals surface area contributed by atoms with Gasteiger partial charge in [-0.25, -0.2) is 18.9 Å². The summed E-state index contributed by atoms with van der Waals surface area (Å²) in [4.78, 5) is 16.5. The van der Waals surface area contributed by atoms with E-state index in [1.54, 1.807) is 6.07 Å². The Bertz CT molecular complexity index is 1430. The van der Waals surface area contributed by atoms with Gasteiger partial charge in [-0.05, 0) is 36.2 Å². The second-order valence-corrected chi connectivity index (χ2v) is 8.80. The lowest BCUT2D eigenvalue weighted by atomic mass is 9.97. The minimum absolute atomic E-state index is 0.0432. The van der Waals surface area contributed by atoms with Crippen LogP contribution in [0.25, 0.3) is 10.9 Å². The smallest absolute Gasteiger partial charge is 0.277 e. The number of hydrogen-bond acceptors (Lipinski definition) is 6. The summed E-state index contributed by atoms with van der Waals surface area (Å²) in [5.41, 5.74) is -0.399. The van der Waals surface area contributed by atoms with Crippen LogP contribution in [0.15, 0.2) is 41.5 Å². The highest BCUT2D eigenvalue weighted by molar-refractivity contribution is 7.86. The molecule has 1 aliphatic heterocycles. The molecule has 3 aromatic rings. The number of nitrogens with two attached hydrogens (primary N) is 1. The third-order valence-corrected chi connectivity index (χ3v) is 6.35. The van der Waals surface area contributed by atoms with Crippen LogP contribution in [0, 0.1) is 17.1 Å². The maximum atomic E-state index is 14.7. The molecule has 12 heteroatoms. The van der Waals surface area contributed by atoms with E-state index in [4.69, 9.17) is 9.88 Å². The molecule has 1 saturated heterocycles. The van der Waals surface area contributed by atoms with Crippen molar-refractivity contribution in [3.63, 3.8) is 0 Å². The molecular formula is C20H17F2N5O4S. The quantitative estimate of drug-likeness (QED) is 0.632. The largest absolute Gasteiger partial charge is 0.453 e. The molecule has 1 aromatic heterocycles. The van der Waals surface area contributed by atoms with E-state index in [9.17, 15) is 27.3 Å². The molecule has 0 bridgehead atoms. The fraction of sp³-hybridized carbons (Fsp3) is 0.250. The summed E-state index contributed by atoms with van der Waals surface area (Å²) in [6.45, 7) is -0.177. The van der Waals surface area contributed by atoms with E-state index in [0.29, 0.717) is 5.52 Å². The first-order valence-corrected chi connectivity index (χ1v) is 10.9. The van der Waals surface area contributed by atoms with Crippen LogP contribution in [0.3, 0.4) is 0 Å². The number of aryl methyl sites for hydroxylation is 1. The number of rotatable bonds is 4. The van der Waals surface area contributed by atoms with Gasteiger partial charge in [0, 0.05) is 13.6 Å². The third-order valence-electron chi connectivity index (χ3n) is 5.29. The van der Waals surface area contributed by atoms with E-state index >= 15 is 0 Å². The van der Waals surface area contributed by atoms with Crippen LogP contribution >= 0.6 is 0 Å². The molecule has 2 unspecified atom stereocenters. The van der Waals surface area contributed by atoms with E-state index in [-0.39, 0.29) is 40.8 Å². The predicted molar refractivity (Wildman–Crippen MR) is 110 cm³/mol. The van der Waals surface area contributed by atoms with Crippen LogP contribution in [0.5, 0.6) is 11.5 Å². The summed E-state index contributed by atoms with van der Waals surface area (Å²) in [5.74, 6) is -1.39. The van der Waals surface area contributed by atoms with E-state index in [0.717, 1.165) is 16.4 Å². The normalized spacial score (nSPS) is 19.2. The average Bonchev–Trinajstić information content (AvgIpc) is 3.14. The maximum Gasteiger partial charge on any atom is 0.277 e. The summed E-state index contributed by atoms with van der Waals surface area (Å²) >= 11 is 0. The van der Waals surface area contributed by atoms with Gasteiger partial charge in [-0.3, -0.25) is 4.79 Å². The molecule has 4 rings (SSSR count). The number of fused-ring (bicyclic) bond motifs is 1. The van der Waals surface area contributed by atoms with E-state index in [2.05, 4.69) is 4.98 Å². The Morgan fingerprint density at radius 2 is 2.06 bits per heavy atom. The number of alkyl halides is 1. The van der Waals surface area contributed by atoms with Gasteiger partial charge in [0.25, 0.3) is 15.8 Å². The molecule has 2 atom stereocenters. The minimum Gasteiger partial charge on any atom is -0.453 e. The Kier molecular flexibility index (Phi) is 5.41. The molecule has 2 heterocycles. The predicted octanol–water partition coefficient (Wildman–Crippen LogP) is 2.02. The van der Waals surface area contributed by atoms with Crippen molar-refractivity contribution in [1.82, 2.24) is 13.9 Å². The van der Waals surface area contributed by atoms with Crippen molar-refractivity contribution in [3.8, 4) is 17.6 Å². The second kappa shape index (κ2) is 7.94. The van der Waals surface area contributed by atoms with Gasteiger partial charge in [0.15, 0.2) is 11.6 Å². The number of benzene rings is 2. The first kappa shape index (κ1) is 21.8. The maximum absolute atomic E-state index is 14.7. The van der Waals surface area contributed by atoms with Gasteiger partial charge >= 0.3 is 0 Å². The number of halogens is 2. The highest BCUT2D eigenvalue weighted by Crippen LogP contribution is 2.41. The highest BCUT2D eigenvalue weighted by atomic mass is 32.2. The van der Waals surface area contributed by atoms with Gasteiger partial charge in [0.2, 0.25) is 0 Å². The topological polar surface area (TPSA) is 131 Å². The molecule has 0 spiro atoms. The fourth-order valence-corrected chi connectivity index (χ4v) is 4.69. The van der Waals surface area contributed by atoms with Gasteiger partial charge in [-0.15, -0.1) is 0 Å². The standard InChI is InChI=1S/C20H17F2N5O4S/c1-26-10-25-17-5-2-11(8-13(17)20(26)28)31-19-14(9-23)12(3-4-16(19)22)18-15(21)6-7-27(18)32(24,29)30/h2-5,8,10,15,18H,6-7H2,1H3,(H2,24,29,30). The zero-order valence-electron chi connectivity index (χ0n) is 16.7. The number of nitriles is 1. The van der Waals surface area contributed by atoms with Gasteiger partial charge in [0.05, 0.1) is 23.3 Å². The van der Waals surface area contributed by atoms with Crippen LogP contribution in [0.4, 0.5) is 8.78 Å². The van der Waals surface area contributed by atoms with Crippen molar-refractivity contribution >= 4 is 21.1 Å². The molecule has 0 radical (unpaired) electrons. The fourth-order valence-electron chi connectivity index (χ4n) is 3.77. The third kappa shape index (κ3) is 3.70. The molecule has 1 fully saturated rings. The molecule has 0 aliphatic carbocycles. The molecule has 0 saturated carbocycles. The Balaban J connectivity index is 1.83. The average molecular weight is 461 g/mol. The highest BCUT2D eigenvalue weighted by Gasteiger charge is 2.42. The van der Waals surface area contributed by atoms with Crippen molar-refractivity contribution in [2.24, 2.45) is 12.2 Å². The van der Waals surface area contributed by atoms with Gasteiger partial charge in [-0.2, -0.15) is 18.0 Å². The van der Waals surface area contributed by atoms with Crippen molar-refractivity contribution in [1.29, 1.82) is 5.26 Å². The van der Waals surface area contributed by atoms with E-state index < -0.39 is 34.0 Å². The Morgan fingerprint density at radius 3 is 2.75 bits per heavy atom. The second-order valence-electron chi connectivity index (χ2n) is 7.30. The number of aromatic nitrogens is 2. The lowest BCUT2D eigenvalue weighted by Crippen LogP contribution is -2.37. The Morgan fingerprint density at radius 1 is 1.31 bits per heavy atom.